The Hall–Kier alpha value is -3.94. The molecule has 2 N–H and O–H groups in total. The van der Waals surface area contributed by atoms with Gasteiger partial charge in [0.2, 0.25) is 11.9 Å². The molecule has 1 amide bonds. The minimum Gasteiger partial charge on any atom is -0.492 e. The Labute approximate surface area is 233 Å². The molecule has 0 aliphatic carbocycles. The van der Waals surface area contributed by atoms with Crippen molar-refractivity contribution in [3.05, 3.63) is 107 Å². The smallest absolute Gasteiger partial charge is 0.245 e. The number of aromatic amines is 1. The summed E-state index contributed by atoms with van der Waals surface area (Å²) in [5.41, 5.74) is 5.39. The molecule has 0 bridgehead atoms. The number of nitrogens with zero attached hydrogens (tertiary/aromatic N) is 2. The third-order valence-electron chi connectivity index (χ3n) is 6.30. The van der Waals surface area contributed by atoms with Crippen LogP contribution in [0, 0.1) is 5.95 Å². The van der Waals surface area contributed by atoms with Crippen molar-refractivity contribution in [3.8, 4) is 5.75 Å². The van der Waals surface area contributed by atoms with Crippen LogP contribution in [0.4, 0.5) is 4.39 Å². The Morgan fingerprint density at radius 2 is 1.85 bits per heavy atom. The fraction of sp³-hybridized carbons (Fsp3) is 0.226. The zero-order valence-corrected chi connectivity index (χ0v) is 23.1. The number of aromatic nitrogens is 2. The molecule has 1 heterocycles. The molecule has 0 aliphatic heterocycles. The predicted molar refractivity (Wildman–Crippen MR) is 156 cm³/mol. The quantitative estimate of drug-likeness (QED) is 0.131. The first-order chi connectivity index (χ1) is 18.9. The van der Waals surface area contributed by atoms with E-state index in [0.29, 0.717) is 35.6 Å². The maximum atomic E-state index is 14.4. The number of hydrogen-bond acceptors (Lipinski definition) is 4. The van der Waals surface area contributed by atoms with Gasteiger partial charge in [-0.3, -0.25) is 9.89 Å². The van der Waals surface area contributed by atoms with Crippen molar-refractivity contribution in [1.82, 2.24) is 20.4 Å². The Balaban J connectivity index is 1.56. The zero-order chi connectivity index (χ0) is 27.8. The maximum absolute atomic E-state index is 14.4. The molecule has 0 atom stereocenters. The third-order valence-corrected chi connectivity index (χ3v) is 6.63. The standard InChI is InChI=1S/C31H32ClFN4O2/c1-4-24(25-8-5-6-9-27(25)32)30(22-13-16-28-26(20-22)31(33)36-35-28)21-11-14-23(15-12-21)39-19-18-34-17-7-10-29(38)37(2)3/h5-16,20,34H,4,17-19H2,1-3H3,(H,35,36)/b10-7+,30-24+. The topological polar surface area (TPSA) is 70.2 Å². The van der Waals surface area contributed by atoms with E-state index in [0.717, 1.165) is 40.0 Å². The van der Waals surface area contributed by atoms with Crippen molar-refractivity contribution in [2.45, 2.75) is 13.3 Å². The Kier molecular flexibility index (Phi) is 9.52. The summed E-state index contributed by atoms with van der Waals surface area (Å²) in [5, 5.41) is 10.8. The van der Waals surface area contributed by atoms with Crippen molar-refractivity contribution >= 4 is 39.6 Å². The number of amides is 1. The monoisotopic (exact) mass is 546 g/mol. The number of carbonyl (C=O) groups is 1. The SMILES string of the molecule is CC/C(=C(/c1ccc(OCCNC/C=C/C(=O)N(C)C)cc1)c1ccc2n[nH]c(F)c2c1)c1ccccc1Cl. The van der Waals surface area contributed by atoms with Crippen LogP contribution >= 0.6 is 11.6 Å². The van der Waals surface area contributed by atoms with Gasteiger partial charge in [0.15, 0.2) is 0 Å². The zero-order valence-electron chi connectivity index (χ0n) is 22.3. The lowest BCUT2D eigenvalue weighted by atomic mass is 9.88. The summed E-state index contributed by atoms with van der Waals surface area (Å²) in [7, 11) is 3.44. The van der Waals surface area contributed by atoms with Crippen molar-refractivity contribution in [1.29, 1.82) is 0 Å². The van der Waals surface area contributed by atoms with E-state index in [4.69, 9.17) is 16.3 Å². The van der Waals surface area contributed by atoms with Crippen molar-refractivity contribution < 1.29 is 13.9 Å². The van der Waals surface area contributed by atoms with Crippen LogP contribution in [0.2, 0.25) is 5.02 Å². The Morgan fingerprint density at radius 3 is 2.56 bits per heavy atom. The number of rotatable bonds is 11. The molecular weight excluding hydrogens is 515 g/mol. The van der Waals surface area contributed by atoms with E-state index >= 15 is 0 Å². The highest BCUT2D eigenvalue weighted by Gasteiger charge is 2.17. The first-order valence-electron chi connectivity index (χ1n) is 12.8. The molecule has 0 fully saturated rings. The lowest BCUT2D eigenvalue weighted by molar-refractivity contribution is -0.123. The van der Waals surface area contributed by atoms with Crippen LogP contribution in [0.5, 0.6) is 5.75 Å². The van der Waals surface area contributed by atoms with Crippen LogP contribution in [-0.4, -0.2) is 54.8 Å². The first-order valence-corrected chi connectivity index (χ1v) is 13.2. The lowest BCUT2D eigenvalue weighted by Crippen LogP contribution is -2.22. The molecule has 3 aromatic carbocycles. The molecule has 4 aromatic rings. The predicted octanol–water partition coefficient (Wildman–Crippen LogP) is 6.34. The number of carbonyl (C=O) groups excluding carboxylic acids is 1. The molecule has 202 valence electrons. The summed E-state index contributed by atoms with van der Waals surface area (Å²) >= 11 is 6.62. The second-order valence-corrected chi connectivity index (χ2v) is 9.58. The highest BCUT2D eigenvalue weighted by atomic mass is 35.5. The first kappa shape index (κ1) is 28.1. The van der Waals surface area contributed by atoms with E-state index in [9.17, 15) is 9.18 Å². The van der Waals surface area contributed by atoms with Crippen molar-refractivity contribution in [3.63, 3.8) is 0 Å². The molecule has 1 aromatic heterocycles. The number of allylic oxidation sites excluding steroid dienone is 1. The Morgan fingerprint density at radius 1 is 1.10 bits per heavy atom. The van der Waals surface area contributed by atoms with E-state index in [-0.39, 0.29) is 5.91 Å². The fourth-order valence-corrected chi connectivity index (χ4v) is 4.56. The van der Waals surface area contributed by atoms with Crippen LogP contribution < -0.4 is 10.1 Å². The van der Waals surface area contributed by atoms with Crippen molar-refractivity contribution in [2.24, 2.45) is 0 Å². The van der Waals surface area contributed by atoms with Crippen LogP contribution in [0.1, 0.15) is 30.0 Å². The summed E-state index contributed by atoms with van der Waals surface area (Å²) in [4.78, 5) is 13.1. The van der Waals surface area contributed by atoms with Gasteiger partial charge in [-0.15, -0.1) is 0 Å². The van der Waals surface area contributed by atoms with E-state index in [2.05, 4.69) is 22.4 Å². The number of hydrogen-bond donors (Lipinski definition) is 2. The number of fused-ring (bicyclic) bond motifs is 1. The largest absolute Gasteiger partial charge is 0.492 e. The van der Waals surface area contributed by atoms with Gasteiger partial charge in [-0.05, 0) is 64.6 Å². The highest BCUT2D eigenvalue weighted by Crippen LogP contribution is 2.38. The number of halogens is 2. The summed E-state index contributed by atoms with van der Waals surface area (Å²) in [5.74, 6) is 0.238. The molecule has 8 heteroatoms. The van der Waals surface area contributed by atoms with E-state index in [1.165, 1.54) is 4.90 Å². The number of likely N-dealkylation sites (N-methyl/N-ethyl adjacent to an activating group) is 1. The summed E-state index contributed by atoms with van der Waals surface area (Å²) in [6, 6.07) is 21.3. The number of ether oxygens (including phenoxy) is 1. The summed E-state index contributed by atoms with van der Waals surface area (Å²) in [6.45, 7) is 3.79. The second-order valence-electron chi connectivity index (χ2n) is 9.17. The highest BCUT2D eigenvalue weighted by molar-refractivity contribution is 6.32. The fourth-order valence-electron chi connectivity index (χ4n) is 4.31. The number of H-pyrrole nitrogens is 1. The normalized spacial score (nSPS) is 12.1. The molecule has 0 aliphatic rings. The van der Waals surface area contributed by atoms with Gasteiger partial charge >= 0.3 is 0 Å². The van der Waals surface area contributed by atoms with Gasteiger partial charge in [0.05, 0.1) is 10.9 Å². The molecule has 4 rings (SSSR count). The minimum atomic E-state index is -0.459. The van der Waals surface area contributed by atoms with Crippen LogP contribution in [0.3, 0.4) is 0 Å². The Bertz CT molecular complexity index is 1490. The summed E-state index contributed by atoms with van der Waals surface area (Å²) in [6.07, 6.45) is 4.06. The molecule has 39 heavy (non-hydrogen) atoms. The van der Waals surface area contributed by atoms with E-state index in [1.54, 1.807) is 26.2 Å². The van der Waals surface area contributed by atoms with Gasteiger partial charge in [-0.1, -0.05) is 61.0 Å². The van der Waals surface area contributed by atoms with Gasteiger partial charge in [-0.2, -0.15) is 9.49 Å². The van der Waals surface area contributed by atoms with Gasteiger partial charge in [0, 0.05) is 38.3 Å². The van der Waals surface area contributed by atoms with Gasteiger partial charge in [-0.25, -0.2) is 0 Å². The average Bonchev–Trinajstić information content (AvgIpc) is 3.31. The molecule has 6 nitrogen and oxygen atoms in total. The van der Waals surface area contributed by atoms with Crippen LogP contribution in [-0.2, 0) is 4.79 Å². The molecule has 0 saturated carbocycles. The molecule has 0 spiro atoms. The third kappa shape index (κ3) is 6.93. The van der Waals surface area contributed by atoms with Gasteiger partial charge in [0.25, 0.3) is 0 Å². The summed E-state index contributed by atoms with van der Waals surface area (Å²) < 4.78 is 20.3. The van der Waals surface area contributed by atoms with E-state index in [1.807, 2.05) is 66.7 Å². The van der Waals surface area contributed by atoms with Gasteiger partial charge < -0.3 is 15.0 Å². The van der Waals surface area contributed by atoms with Crippen LogP contribution in [0.25, 0.3) is 22.0 Å². The molecular formula is C31H32ClFN4O2. The second kappa shape index (κ2) is 13.2. The molecule has 0 radical (unpaired) electrons. The maximum Gasteiger partial charge on any atom is 0.245 e. The number of benzene rings is 3. The van der Waals surface area contributed by atoms with Crippen LogP contribution in [0.15, 0.2) is 78.9 Å². The molecule has 0 saturated heterocycles. The van der Waals surface area contributed by atoms with E-state index < -0.39 is 5.95 Å². The van der Waals surface area contributed by atoms with Crippen molar-refractivity contribution in [2.75, 3.05) is 33.8 Å². The minimum absolute atomic E-state index is 0.0443. The van der Waals surface area contributed by atoms with Gasteiger partial charge in [0.1, 0.15) is 12.4 Å². The molecule has 0 unspecified atom stereocenters. The average molecular weight is 547 g/mol. The number of nitrogens with one attached hydrogen (secondary N) is 2. The lowest BCUT2D eigenvalue weighted by Gasteiger charge is -2.18.